The first-order chi connectivity index (χ1) is 11.1. The lowest BCUT2D eigenvalue weighted by Gasteiger charge is -2.37. The minimum Gasteiger partial charge on any atom is -0.366 e. The third kappa shape index (κ3) is 3.18. The molecule has 0 spiro atoms. The molecule has 23 heavy (non-hydrogen) atoms. The molecule has 0 bridgehead atoms. The molecule has 1 aliphatic heterocycles. The maximum Gasteiger partial charge on any atom is 0.172 e. The van der Waals surface area contributed by atoms with Gasteiger partial charge in [-0.1, -0.05) is 0 Å². The molecule has 1 fully saturated rings. The Balaban J connectivity index is 1.74. The van der Waals surface area contributed by atoms with E-state index in [0.717, 1.165) is 17.7 Å². The monoisotopic (exact) mass is 319 g/mol. The third-order valence-corrected chi connectivity index (χ3v) is 3.91. The van der Waals surface area contributed by atoms with E-state index < -0.39 is 11.6 Å². The number of halogens is 2. The average molecular weight is 319 g/mol. The Kier molecular flexibility index (Phi) is 4.27. The molecule has 0 aliphatic carbocycles. The zero-order valence-corrected chi connectivity index (χ0v) is 13.2. The normalized spacial score (nSPS) is 15.0. The molecule has 2 heterocycles. The van der Waals surface area contributed by atoms with E-state index in [0.29, 0.717) is 31.9 Å². The van der Waals surface area contributed by atoms with Gasteiger partial charge in [0, 0.05) is 58.7 Å². The summed E-state index contributed by atoms with van der Waals surface area (Å²) in [4.78, 5) is 14.8. The first-order valence-corrected chi connectivity index (χ1v) is 7.49. The molecule has 0 saturated carbocycles. The predicted molar refractivity (Wildman–Crippen MR) is 87.1 cm³/mol. The zero-order valence-electron chi connectivity index (χ0n) is 13.2. The number of hydrogen-bond acceptors (Lipinski definition) is 5. The van der Waals surface area contributed by atoms with Crippen LogP contribution in [-0.4, -0.2) is 50.2 Å². The maximum absolute atomic E-state index is 13.9. The van der Waals surface area contributed by atoms with Crippen LogP contribution in [-0.2, 0) is 0 Å². The van der Waals surface area contributed by atoms with Crippen molar-refractivity contribution in [2.45, 2.75) is 0 Å². The van der Waals surface area contributed by atoms with Crippen LogP contribution in [0.15, 0.2) is 30.6 Å². The Morgan fingerprint density at radius 1 is 0.957 bits per heavy atom. The standard InChI is InChI=1S/C16H19F2N5/c1-21(2)15-16(20-6-5-19-15)23-9-7-22(8-10-23)14-4-3-12(17)11-13(14)18/h3-6,11H,7-10H2,1-2H3. The summed E-state index contributed by atoms with van der Waals surface area (Å²) < 4.78 is 26.9. The van der Waals surface area contributed by atoms with Crippen molar-refractivity contribution < 1.29 is 8.78 Å². The molecule has 0 atom stereocenters. The van der Waals surface area contributed by atoms with Crippen molar-refractivity contribution >= 4 is 17.3 Å². The first kappa shape index (κ1) is 15.5. The van der Waals surface area contributed by atoms with E-state index >= 15 is 0 Å². The Labute approximate surface area is 134 Å². The third-order valence-electron chi connectivity index (χ3n) is 3.91. The summed E-state index contributed by atoms with van der Waals surface area (Å²) in [6.45, 7) is 2.70. The van der Waals surface area contributed by atoms with Crippen molar-refractivity contribution in [3.05, 3.63) is 42.2 Å². The number of piperazine rings is 1. The first-order valence-electron chi connectivity index (χ1n) is 7.49. The second kappa shape index (κ2) is 6.36. The van der Waals surface area contributed by atoms with E-state index in [1.807, 2.05) is 23.9 Å². The number of anilines is 3. The molecule has 3 rings (SSSR count). The topological polar surface area (TPSA) is 35.5 Å². The number of nitrogens with zero attached hydrogens (tertiary/aromatic N) is 5. The van der Waals surface area contributed by atoms with Gasteiger partial charge in [0.2, 0.25) is 0 Å². The molecule has 0 radical (unpaired) electrons. The van der Waals surface area contributed by atoms with E-state index in [9.17, 15) is 8.78 Å². The molecule has 2 aromatic rings. The lowest BCUT2D eigenvalue weighted by Crippen LogP contribution is -2.47. The molecule has 1 aliphatic rings. The van der Waals surface area contributed by atoms with Crippen molar-refractivity contribution in [2.24, 2.45) is 0 Å². The maximum atomic E-state index is 13.9. The summed E-state index contributed by atoms with van der Waals surface area (Å²) in [7, 11) is 3.86. The summed E-state index contributed by atoms with van der Waals surface area (Å²) in [6, 6.07) is 3.71. The van der Waals surface area contributed by atoms with Gasteiger partial charge in [0.15, 0.2) is 11.6 Å². The van der Waals surface area contributed by atoms with Crippen LogP contribution in [0.1, 0.15) is 0 Å². The van der Waals surface area contributed by atoms with E-state index in [1.165, 1.54) is 12.1 Å². The second-order valence-electron chi connectivity index (χ2n) is 5.67. The van der Waals surface area contributed by atoms with Gasteiger partial charge in [-0.3, -0.25) is 0 Å². The Morgan fingerprint density at radius 3 is 2.26 bits per heavy atom. The fourth-order valence-electron chi connectivity index (χ4n) is 2.76. The molecule has 7 heteroatoms. The van der Waals surface area contributed by atoms with Crippen LogP contribution >= 0.6 is 0 Å². The molecule has 5 nitrogen and oxygen atoms in total. The van der Waals surface area contributed by atoms with Gasteiger partial charge in [-0.2, -0.15) is 0 Å². The van der Waals surface area contributed by atoms with Crippen molar-refractivity contribution in [3.63, 3.8) is 0 Å². The van der Waals surface area contributed by atoms with Crippen LogP contribution in [0, 0.1) is 11.6 Å². The lowest BCUT2D eigenvalue weighted by molar-refractivity contribution is 0.570. The molecule has 0 amide bonds. The summed E-state index contributed by atoms with van der Waals surface area (Å²) in [5.74, 6) is 0.567. The Bertz CT molecular complexity index is 684. The summed E-state index contributed by atoms with van der Waals surface area (Å²) >= 11 is 0. The molecular weight excluding hydrogens is 300 g/mol. The fourth-order valence-corrected chi connectivity index (χ4v) is 2.76. The number of benzene rings is 1. The summed E-state index contributed by atoms with van der Waals surface area (Å²) in [5, 5.41) is 0. The van der Waals surface area contributed by atoms with Gasteiger partial charge >= 0.3 is 0 Å². The zero-order chi connectivity index (χ0) is 16.4. The minimum atomic E-state index is -0.555. The van der Waals surface area contributed by atoms with Crippen molar-refractivity contribution in [3.8, 4) is 0 Å². The molecule has 122 valence electrons. The second-order valence-corrected chi connectivity index (χ2v) is 5.67. The van der Waals surface area contributed by atoms with Crippen LogP contribution in [0.3, 0.4) is 0 Å². The highest BCUT2D eigenvalue weighted by atomic mass is 19.1. The van der Waals surface area contributed by atoms with Crippen molar-refractivity contribution in [2.75, 3.05) is 55.0 Å². The number of hydrogen-bond donors (Lipinski definition) is 0. The lowest BCUT2D eigenvalue weighted by atomic mass is 10.2. The van der Waals surface area contributed by atoms with E-state index in [1.54, 1.807) is 12.4 Å². The van der Waals surface area contributed by atoms with Crippen LogP contribution in [0.25, 0.3) is 0 Å². The quantitative estimate of drug-likeness (QED) is 0.866. The van der Waals surface area contributed by atoms with E-state index in [-0.39, 0.29) is 0 Å². The molecular formula is C16H19F2N5. The van der Waals surface area contributed by atoms with Crippen LogP contribution in [0.5, 0.6) is 0 Å². The van der Waals surface area contributed by atoms with Crippen LogP contribution < -0.4 is 14.7 Å². The Hall–Kier alpha value is -2.44. The van der Waals surface area contributed by atoms with Crippen LogP contribution in [0.4, 0.5) is 26.1 Å². The molecule has 0 unspecified atom stereocenters. The molecule has 1 saturated heterocycles. The largest absolute Gasteiger partial charge is 0.366 e. The smallest absolute Gasteiger partial charge is 0.172 e. The highest BCUT2D eigenvalue weighted by Crippen LogP contribution is 2.26. The summed E-state index contributed by atoms with van der Waals surface area (Å²) in [5.41, 5.74) is 0.443. The number of aromatic nitrogens is 2. The minimum absolute atomic E-state index is 0.443. The highest BCUT2D eigenvalue weighted by Gasteiger charge is 2.23. The molecule has 1 aromatic heterocycles. The Morgan fingerprint density at radius 2 is 1.61 bits per heavy atom. The van der Waals surface area contributed by atoms with Gasteiger partial charge in [-0.15, -0.1) is 0 Å². The predicted octanol–water partition coefficient (Wildman–Crippen LogP) is 2.15. The molecule has 0 N–H and O–H groups in total. The van der Waals surface area contributed by atoms with Crippen molar-refractivity contribution in [1.29, 1.82) is 0 Å². The fraction of sp³-hybridized carbons (Fsp3) is 0.375. The van der Waals surface area contributed by atoms with E-state index in [2.05, 4.69) is 14.9 Å². The highest BCUT2D eigenvalue weighted by molar-refractivity contribution is 5.62. The van der Waals surface area contributed by atoms with Gasteiger partial charge in [0.1, 0.15) is 11.6 Å². The van der Waals surface area contributed by atoms with Gasteiger partial charge in [-0.05, 0) is 12.1 Å². The van der Waals surface area contributed by atoms with Gasteiger partial charge < -0.3 is 14.7 Å². The summed E-state index contributed by atoms with van der Waals surface area (Å²) in [6.07, 6.45) is 3.34. The van der Waals surface area contributed by atoms with Crippen LogP contribution in [0.2, 0.25) is 0 Å². The van der Waals surface area contributed by atoms with Crippen molar-refractivity contribution in [1.82, 2.24) is 9.97 Å². The number of rotatable bonds is 3. The van der Waals surface area contributed by atoms with Gasteiger partial charge in [0.05, 0.1) is 5.69 Å². The van der Waals surface area contributed by atoms with Gasteiger partial charge in [0.25, 0.3) is 0 Å². The van der Waals surface area contributed by atoms with Gasteiger partial charge in [-0.25, -0.2) is 18.7 Å². The molecule has 1 aromatic carbocycles. The van der Waals surface area contributed by atoms with E-state index in [4.69, 9.17) is 0 Å². The SMILES string of the molecule is CN(C)c1nccnc1N1CCN(c2ccc(F)cc2F)CC1. The average Bonchev–Trinajstić information content (AvgIpc) is 2.55.